The standard InChI is InChI=1S/C17H13Cl2N3O5S/c1-28(24,25)12-4-2-3-10(7-12)16-21-22-17(27-16)20-15(23)9-26-14-6-5-11(18)8-13(14)19/h2-8H,9H2,1H3,(H,20,22,23). The maximum atomic E-state index is 12.0. The molecule has 0 radical (unpaired) electrons. The van der Waals surface area contributed by atoms with Crippen LogP contribution in [-0.2, 0) is 14.6 Å². The summed E-state index contributed by atoms with van der Waals surface area (Å²) in [5, 5.41) is 10.6. The molecule has 146 valence electrons. The highest BCUT2D eigenvalue weighted by Gasteiger charge is 2.15. The number of nitrogens with zero attached hydrogens (tertiary/aromatic N) is 2. The molecule has 1 heterocycles. The summed E-state index contributed by atoms with van der Waals surface area (Å²) in [6.07, 6.45) is 1.10. The number of nitrogens with one attached hydrogen (secondary N) is 1. The lowest BCUT2D eigenvalue weighted by Crippen LogP contribution is -2.20. The second-order valence-electron chi connectivity index (χ2n) is 5.62. The molecule has 28 heavy (non-hydrogen) atoms. The molecule has 8 nitrogen and oxygen atoms in total. The van der Waals surface area contributed by atoms with Gasteiger partial charge in [0.15, 0.2) is 16.4 Å². The van der Waals surface area contributed by atoms with E-state index in [1.807, 2.05) is 0 Å². The van der Waals surface area contributed by atoms with Crippen molar-refractivity contribution >= 4 is 45.0 Å². The Labute approximate surface area is 170 Å². The van der Waals surface area contributed by atoms with Gasteiger partial charge in [0.05, 0.1) is 9.92 Å². The summed E-state index contributed by atoms with van der Waals surface area (Å²) < 4.78 is 34.0. The zero-order chi connectivity index (χ0) is 20.3. The van der Waals surface area contributed by atoms with Gasteiger partial charge in [-0.25, -0.2) is 8.42 Å². The van der Waals surface area contributed by atoms with Gasteiger partial charge in [-0.2, -0.15) is 0 Å². The van der Waals surface area contributed by atoms with Gasteiger partial charge in [-0.1, -0.05) is 34.4 Å². The van der Waals surface area contributed by atoms with Crippen LogP contribution in [0.4, 0.5) is 6.01 Å². The van der Waals surface area contributed by atoms with Gasteiger partial charge >= 0.3 is 6.01 Å². The average Bonchev–Trinajstić information content (AvgIpc) is 3.09. The molecule has 0 aliphatic heterocycles. The van der Waals surface area contributed by atoms with Crippen molar-refractivity contribution in [1.82, 2.24) is 10.2 Å². The van der Waals surface area contributed by atoms with E-state index in [2.05, 4.69) is 15.5 Å². The average molecular weight is 442 g/mol. The van der Waals surface area contributed by atoms with Crippen LogP contribution in [0.1, 0.15) is 0 Å². The number of amides is 1. The quantitative estimate of drug-likeness (QED) is 0.622. The Morgan fingerprint density at radius 2 is 1.96 bits per heavy atom. The lowest BCUT2D eigenvalue weighted by Gasteiger charge is -2.07. The third-order valence-corrected chi connectivity index (χ3v) is 5.07. The Bertz CT molecular complexity index is 1130. The number of carbonyl (C=O) groups excluding carboxylic acids is 1. The van der Waals surface area contributed by atoms with Crippen molar-refractivity contribution in [3.63, 3.8) is 0 Å². The second kappa shape index (κ2) is 8.17. The fourth-order valence-electron chi connectivity index (χ4n) is 2.14. The molecule has 0 saturated carbocycles. The number of anilines is 1. The van der Waals surface area contributed by atoms with Gasteiger partial charge in [-0.15, -0.1) is 5.10 Å². The fourth-order valence-corrected chi connectivity index (χ4v) is 3.27. The van der Waals surface area contributed by atoms with Crippen LogP contribution in [0.5, 0.6) is 5.75 Å². The first kappa shape index (κ1) is 20.1. The third-order valence-electron chi connectivity index (χ3n) is 3.43. The van der Waals surface area contributed by atoms with Crippen LogP contribution in [0.2, 0.25) is 10.0 Å². The van der Waals surface area contributed by atoms with Crippen molar-refractivity contribution in [2.45, 2.75) is 4.90 Å². The molecule has 1 aromatic heterocycles. The van der Waals surface area contributed by atoms with E-state index in [9.17, 15) is 13.2 Å². The van der Waals surface area contributed by atoms with Gasteiger partial charge in [0, 0.05) is 16.8 Å². The van der Waals surface area contributed by atoms with Gasteiger partial charge < -0.3 is 9.15 Å². The van der Waals surface area contributed by atoms with Gasteiger partial charge in [-0.3, -0.25) is 10.1 Å². The third kappa shape index (κ3) is 5.00. The summed E-state index contributed by atoms with van der Waals surface area (Å²) >= 11 is 11.8. The zero-order valence-corrected chi connectivity index (χ0v) is 16.7. The molecule has 1 amide bonds. The zero-order valence-electron chi connectivity index (χ0n) is 14.3. The van der Waals surface area contributed by atoms with Gasteiger partial charge in [0.1, 0.15) is 5.75 Å². The highest BCUT2D eigenvalue weighted by Crippen LogP contribution is 2.27. The van der Waals surface area contributed by atoms with E-state index < -0.39 is 15.7 Å². The summed E-state index contributed by atoms with van der Waals surface area (Å²) in [6.45, 7) is -0.345. The number of hydrogen-bond acceptors (Lipinski definition) is 7. The van der Waals surface area contributed by atoms with E-state index in [4.69, 9.17) is 32.4 Å². The van der Waals surface area contributed by atoms with Crippen molar-refractivity contribution in [3.05, 3.63) is 52.5 Å². The Morgan fingerprint density at radius 3 is 2.68 bits per heavy atom. The molecular weight excluding hydrogens is 429 g/mol. The molecule has 0 spiro atoms. The lowest BCUT2D eigenvalue weighted by atomic mass is 10.2. The minimum absolute atomic E-state index is 0.0578. The van der Waals surface area contributed by atoms with Crippen molar-refractivity contribution in [2.24, 2.45) is 0 Å². The maximum absolute atomic E-state index is 12.0. The van der Waals surface area contributed by atoms with E-state index in [1.54, 1.807) is 18.2 Å². The molecular formula is C17H13Cl2N3O5S. The van der Waals surface area contributed by atoms with Crippen LogP contribution in [-0.4, -0.2) is 37.4 Å². The molecule has 3 aromatic rings. The highest BCUT2D eigenvalue weighted by atomic mass is 35.5. The Morgan fingerprint density at radius 1 is 1.18 bits per heavy atom. The van der Waals surface area contributed by atoms with Crippen LogP contribution < -0.4 is 10.1 Å². The van der Waals surface area contributed by atoms with Gasteiger partial charge in [0.25, 0.3) is 5.91 Å². The van der Waals surface area contributed by atoms with Crippen LogP contribution in [0, 0.1) is 0 Å². The second-order valence-corrected chi connectivity index (χ2v) is 8.48. The molecule has 0 fully saturated rings. The number of ether oxygens (including phenoxy) is 1. The van der Waals surface area contributed by atoms with Crippen molar-refractivity contribution in [3.8, 4) is 17.2 Å². The van der Waals surface area contributed by atoms with Gasteiger partial charge in [-0.05, 0) is 36.4 Å². The number of hydrogen-bond donors (Lipinski definition) is 1. The Balaban J connectivity index is 1.65. The highest BCUT2D eigenvalue weighted by molar-refractivity contribution is 7.90. The number of benzene rings is 2. The molecule has 0 aliphatic rings. The number of carbonyl (C=O) groups is 1. The van der Waals surface area contributed by atoms with E-state index in [-0.39, 0.29) is 28.4 Å². The SMILES string of the molecule is CS(=O)(=O)c1cccc(-c2nnc(NC(=O)COc3ccc(Cl)cc3Cl)o2)c1. The van der Waals surface area contributed by atoms with Crippen molar-refractivity contribution in [2.75, 3.05) is 18.2 Å². The largest absolute Gasteiger partial charge is 0.482 e. The first-order valence-electron chi connectivity index (χ1n) is 7.74. The molecule has 0 aliphatic carbocycles. The number of aromatic nitrogens is 2. The summed E-state index contributed by atoms with van der Waals surface area (Å²) in [5.74, 6) is -0.196. The molecule has 11 heteroatoms. The molecule has 2 aromatic carbocycles. The molecule has 0 bridgehead atoms. The smallest absolute Gasteiger partial charge is 0.322 e. The molecule has 1 N–H and O–H groups in total. The van der Waals surface area contributed by atoms with Gasteiger partial charge in [0.2, 0.25) is 5.89 Å². The minimum Gasteiger partial charge on any atom is -0.482 e. The number of sulfone groups is 1. The predicted molar refractivity (Wildman–Crippen MR) is 103 cm³/mol. The lowest BCUT2D eigenvalue weighted by molar-refractivity contribution is -0.118. The number of rotatable bonds is 6. The monoisotopic (exact) mass is 441 g/mol. The van der Waals surface area contributed by atoms with E-state index in [1.165, 1.54) is 24.3 Å². The normalized spacial score (nSPS) is 11.2. The summed E-state index contributed by atoms with van der Waals surface area (Å²) in [5.41, 5.74) is 0.403. The predicted octanol–water partition coefficient (Wildman–Crippen LogP) is 3.46. The first-order chi connectivity index (χ1) is 13.2. The van der Waals surface area contributed by atoms with Crippen LogP contribution in [0.3, 0.4) is 0 Å². The Hall–Kier alpha value is -2.62. The van der Waals surface area contributed by atoms with Crippen LogP contribution >= 0.6 is 23.2 Å². The molecule has 0 unspecified atom stereocenters. The van der Waals surface area contributed by atoms with E-state index >= 15 is 0 Å². The van der Waals surface area contributed by atoms with E-state index in [0.29, 0.717) is 16.3 Å². The van der Waals surface area contributed by atoms with E-state index in [0.717, 1.165) is 6.26 Å². The molecule has 3 rings (SSSR count). The van der Waals surface area contributed by atoms with Crippen LogP contribution in [0.25, 0.3) is 11.5 Å². The fraction of sp³-hybridized carbons (Fsp3) is 0.118. The maximum Gasteiger partial charge on any atom is 0.322 e. The van der Waals surface area contributed by atoms with Crippen molar-refractivity contribution in [1.29, 1.82) is 0 Å². The summed E-state index contributed by atoms with van der Waals surface area (Å²) in [6, 6.07) is 10.5. The molecule has 0 saturated heterocycles. The Kier molecular flexibility index (Phi) is 5.87. The van der Waals surface area contributed by atoms with Crippen LogP contribution in [0.15, 0.2) is 51.8 Å². The topological polar surface area (TPSA) is 111 Å². The summed E-state index contributed by atoms with van der Waals surface area (Å²) in [7, 11) is -3.38. The van der Waals surface area contributed by atoms with Crippen molar-refractivity contribution < 1.29 is 22.4 Å². The minimum atomic E-state index is -3.38. The number of halogens is 2. The summed E-state index contributed by atoms with van der Waals surface area (Å²) in [4.78, 5) is 12.1. The first-order valence-corrected chi connectivity index (χ1v) is 10.4. The molecule has 0 atom stereocenters.